The first-order valence-electron chi connectivity index (χ1n) is 7.82. The molecule has 0 fully saturated rings. The third-order valence-corrected chi connectivity index (χ3v) is 3.66. The van der Waals surface area contributed by atoms with Gasteiger partial charge in [0.25, 0.3) is 0 Å². The Labute approximate surface area is 150 Å². The molecule has 0 atom stereocenters. The van der Waals surface area contributed by atoms with E-state index < -0.39 is 0 Å². The number of ether oxygens (including phenoxy) is 1. The van der Waals surface area contributed by atoms with Crippen molar-refractivity contribution >= 4 is 23.4 Å². The second kappa shape index (κ2) is 9.80. The topological polar surface area (TPSA) is 93.5 Å². The van der Waals surface area contributed by atoms with Gasteiger partial charge in [0.15, 0.2) is 11.7 Å². The fourth-order valence-corrected chi connectivity index (χ4v) is 2.28. The number of methoxy groups -OCH3 is 1. The molecule has 0 aliphatic heterocycles. The summed E-state index contributed by atoms with van der Waals surface area (Å²) in [6.07, 6.45) is 2.09. The van der Waals surface area contributed by atoms with Crippen molar-refractivity contribution in [1.82, 2.24) is 15.6 Å². The van der Waals surface area contributed by atoms with E-state index in [2.05, 4.69) is 15.6 Å². The zero-order valence-electron chi connectivity index (χ0n) is 13.9. The molecular formula is C17H20ClN3O4. The summed E-state index contributed by atoms with van der Waals surface area (Å²) in [6, 6.07) is 7.29. The predicted molar refractivity (Wildman–Crippen MR) is 93.2 cm³/mol. The van der Waals surface area contributed by atoms with Crippen molar-refractivity contribution < 1.29 is 18.7 Å². The van der Waals surface area contributed by atoms with E-state index in [1.54, 1.807) is 19.4 Å². The summed E-state index contributed by atoms with van der Waals surface area (Å²) in [4.78, 5) is 27.4. The number of aryl methyl sites for hydroxylation is 1. The Morgan fingerprint density at radius 3 is 2.80 bits per heavy atom. The molecule has 0 saturated heterocycles. The van der Waals surface area contributed by atoms with Crippen LogP contribution in [0.4, 0.5) is 0 Å². The number of hydrogen-bond acceptors (Lipinski definition) is 5. The summed E-state index contributed by atoms with van der Waals surface area (Å²) in [5.41, 5.74) is 0.750. The van der Waals surface area contributed by atoms with Gasteiger partial charge in [0.1, 0.15) is 0 Å². The Hall–Kier alpha value is -2.38. The lowest BCUT2D eigenvalue weighted by Crippen LogP contribution is -2.38. The highest BCUT2D eigenvalue weighted by Gasteiger charge is 2.11. The first kappa shape index (κ1) is 19.0. The van der Waals surface area contributed by atoms with E-state index in [0.29, 0.717) is 36.2 Å². The summed E-state index contributed by atoms with van der Waals surface area (Å²) in [5, 5.41) is 5.73. The average Bonchev–Trinajstić information content (AvgIpc) is 3.07. The van der Waals surface area contributed by atoms with Gasteiger partial charge in [-0.15, -0.1) is 0 Å². The third-order valence-electron chi connectivity index (χ3n) is 3.33. The minimum Gasteiger partial charge on any atom is -0.441 e. The first-order chi connectivity index (χ1) is 12.1. The van der Waals surface area contributed by atoms with Crippen LogP contribution in [-0.2, 0) is 20.7 Å². The molecule has 0 saturated carbocycles. The zero-order valence-corrected chi connectivity index (χ0v) is 14.6. The van der Waals surface area contributed by atoms with Crippen LogP contribution < -0.4 is 10.6 Å². The molecule has 0 unspecified atom stereocenters. The largest absolute Gasteiger partial charge is 0.441 e. The van der Waals surface area contributed by atoms with Crippen LogP contribution in [0.3, 0.4) is 0 Å². The molecule has 2 rings (SSSR count). The van der Waals surface area contributed by atoms with Gasteiger partial charge in [-0.05, 0) is 12.1 Å². The molecule has 0 radical (unpaired) electrons. The fourth-order valence-electron chi connectivity index (χ4n) is 2.05. The lowest BCUT2D eigenvalue weighted by atomic mass is 10.2. The first-order valence-corrected chi connectivity index (χ1v) is 8.20. The van der Waals surface area contributed by atoms with E-state index in [-0.39, 0.29) is 24.8 Å². The quantitative estimate of drug-likeness (QED) is 0.661. The highest BCUT2D eigenvalue weighted by atomic mass is 35.5. The number of hydrogen-bond donors (Lipinski definition) is 2. The molecule has 0 aliphatic carbocycles. The minimum atomic E-state index is -0.262. The van der Waals surface area contributed by atoms with Crippen LogP contribution in [0.5, 0.6) is 0 Å². The van der Waals surface area contributed by atoms with Gasteiger partial charge < -0.3 is 19.8 Å². The molecular weight excluding hydrogens is 346 g/mol. The van der Waals surface area contributed by atoms with Gasteiger partial charge in [0, 0.05) is 32.1 Å². The molecule has 1 aromatic carbocycles. The van der Waals surface area contributed by atoms with E-state index in [4.69, 9.17) is 20.8 Å². The number of halogens is 1. The summed E-state index contributed by atoms with van der Waals surface area (Å²) in [7, 11) is 1.55. The third kappa shape index (κ3) is 6.21. The van der Waals surface area contributed by atoms with Crippen LogP contribution in [0, 0.1) is 0 Å². The molecule has 0 bridgehead atoms. The standard InChI is InChI=1S/C17H20ClN3O4/c1-24-9-8-19-16(23)11-20-15(22)6-7-17-21-10-14(25-17)12-4-2-3-5-13(12)18/h2-5,10H,6-9,11H2,1H3,(H,19,23)(H,20,22). The van der Waals surface area contributed by atoms with Crippen LogP contribution in [-0.4, -0.2) is 43.6 Å². The van der Waals surface area contributed by atoms with Gasteiger partial charge in [-0.25, -0.2) is 4.98 Å². The van der Waals surface area contributed by atoms with Gasteiger partial charge in [-0.2, -0.15) is 0 Å². The monoisotopic (exact) mass is 365 g/mol. The number of aromatic nitrogens is 1. The number of benzene rings is 1. The normalized spacial score (nSPS) is 10.5. The Balaban J connectivity index is 1.75. The highest BCUT2D eigenvalue weighted by molar-refractivity contribution is 6.33. The summed E-state index contributed by atoms with van der Waals surface area (Å²) >= 11 is 6.11. The van der Waals surface area contributed by atoms with Crippen molar-refractivity contribution in [2.45, 2.75) is 12.8 Å². The number of oxazole rings is 1. The Morgan fingerprint density at radius 1 is 1.24 bits per heavy atom. The molecule has 0 spiro atoms. The Kier molecular flexibility index (Phi) is 7.43. The number of rotatable bonds is 9. The molecule has 8 heteroatoms. The second-order valence-electron chi connectivity index (χ2n) is 5.22. The van der Waals surface area contributed by atoms with Crippen molar-refractivity contribution in [2.24, 2.45) is 0 Å². The maximum absolute atomic E-state index is 11.8. The zero-order chi connectivity index (χ0) is 18.1. The molecule has 2 amide bonds. The molecule has 0 aliphatic rings. The van der Waals surface area contributed by atoms with Crippen LogP contribution in [0.1, 0.15) is 12.3 Å². The fraction of sp³-hybridized carbons (Fsp3) is 0.353. The number of amides is 2. The second-order valence-corrected chi connectivity index (χ2v) is 5.62. The molecule has 7 nitrogen and oxygen atoms in total. The van der Waals surface area contributed by atoms with E-state index in [1.165, 1.54) is 0 Å². The molecule has 2 N–H and O–H groups in total. The van der Waals surface area contributed by atoms with Crippen LogP contribution in [0.15, 0.2) is 34.9 Å². The smallest absolute Gasteiger partial charge is 0.239 e. The van der Waals surface area contributed by atoms with E-state index in [9.17, 15) is 9.59 Å². The van der Waals surface area contributed by atoms with Crippen molar-refractivity contribution in [3.63, 3.8) is 0 Å². The number of nitrogens with zero attached hydrogens (tertiary/aromatic N) is 1. The van der Waals surface area contributed by atoms with Gasteiger partial charge in [0.05, 0.1) is 24.4 Å². The highest BCUT2D eigenvalue weighted by Crippen LogP contribution is 2.28. The molecule has 1 heterocycles. The summed E-state index contributed by atoms with van der Waals surface area (Å²) in [6.45, 7) is 0.767. The van der Waals surface area contributed by atoms with E-state index in [0.717, 1.165) is 5.56 Å². The lowest BCUT2D eigenvalue weighted by Gasteiger charge is -2.06. The minimum absolute atomic E-state index is 0.0704. The van der Waals surface area contributed by atoms with Crippen molar-refractivity contribution in [2.75, 3.05) is 26.8 Å². The maximum atomic E-state index is 11.8. The van der Waals surface area contributed by atoms with Crippen LogP contribution in [0.2, 0.25) is 5.02 Å². The number of carbonyl (C=O) groups excluding carboxylic acids is 2. The summed E-state index contributed by atoms with van der Waals surface area (Å²) in [5.74, 6) is 0.482. The Bertz CT molecular complexity index is 717. The predicted octanol–water partition coefficient (Wildman–Crippen LogP) is 1.81. The molecule has 134 valence electrons. The van der Waals surface area contributed by atoms with Gasteiger partial charge in [-0.1, -0.05) is 23.7 Å². The summed E-state index contributed by atoms with van der Waals surface area (Å²) < 4.78 is 10.4. The molecule has 2 aromatic rings. The number of carbonyl (C=O) groups is 2. The van der Waals surface area contributed by atoms with Crippen molar-refractivity contribution in [3.05, 3.63) is 41.4 Å². The van der Waals surface area contributed by atoms with E-state index in [1.807, 2.05) is 18.2 Å². The van der Waals surface area contributed by atoms with Gasteiger partial charge in [-0.3, -0.25) is 9.59 Å². The number of nitrogens with one attached hydrogen (secondary N) is 2. The van der Waals surface area contributed by atoms with Gasteiger partial charge in [0.2, 0.25) is 11.8 Å². The lowest BCUT2D eigenvalue weighted by molar-refractivity contribution is -0.126. The SMILES string of the molecule is COCCNC(=O)CNC(=O)CCc1ncc(-c2ccccc2Cl)o1. The maximum Gasteiger partial charge on any atom is 0.239 e. The Morgan fingerprint density at radius 2 is 2.04 bits per heavy atom. The van der Waals surface area contributed by atoms with Crippen LogP contribution in [0.25, 0.3) is 11.3 Å². The molecule has 25 heavy (non-hydrogen) atoms. The molecule has 1 aromatic heterocycles. The van der Waals surface area contributed by atoms with Crippen molar-refractivity contribution in [1.29, 1.82) is 0 Å². The van der Waals surface area contributed by atoms with Gasteiger partial charge >= 0.3 is 0 Å². The van der Waals surface area contributed by atoms with E-state index >= 15 is 0 Å². The average molecular weight is 366 g/mol. The van der Waals surface area contributed by atoms with Crippen molar-refractivity contribution in [3.8, 4) is 11.3 Å². The van der Waals surface area contributed by atoms with Crippen LogP contribution >= 0.6 is 11.6 Å².